The van der Waals surface area contributed by atoms with Gasteiger partial charge in [0.2, 0.25) is 0 Å². The Balaban J connectivity index is 1.19. The number of rotatable bonds is 5. The monoisotopic (exact) mass is 715 g/mol. The van der Waals surface area contributed by atoms with Crippen molar-refractivity contribution in [3.8, 4) is 11.1 Å². The second kappa shape index (κ2) is 11.8. The minimum Gasteiger partial charge on any atom is -0.454 e. The Morgan fingerprint density at radius 2 is 0.929 bits per heavy atom. The molecule has 56 heavy (non-hydrogen) atoms. The summed E-state index contributed by atoms with van der Waals surface area (Å²) < 4.78 is 13.8. The molecule has 11 aromatic rings. The third-order valence-electron chi connectivity index (χ3n) is 11.9. The van der Waals surface area contributed by atoms with Crippen molar-refractivity contribution in [2.45, 2.75) is 5.41 Å². The summed E-state index contributed by atoms with van der Waals surface area (Å²) in [4.78, 5) is 2.35. The van der Waals surface area contributed by atoms with E-state index in [0.29, 0.717) is 0 Å². The van der Waals surface area contributed by atoms with Crippen molar-refractivity contribution >= 4 is 71.7 Å². The number of anilines is 3. The highest BCUT2D eigenvalue weighted by Crippen LogP contribution is 2.58. The van der Waals surface area contributed by atoms with E-state index in [1.54, 1.807) is 0 Å². The second-order valence-electron chi connectivity index (χ2n) is 14.8. The molecule has 3 nitrogen and oxygen atoms in total. The first-order chi connectivity index (χ1) is 27.8. The fraction of sp³-hybridized carbons (Fsp3) is 0.0189. The Bertz CT molecular complexity index is 3280. The molecule has 0 N–H and O–H groups in total. The molecule has 0 saturated heterocycles. The quantitative estimate of drug-likeness (QED) is 0.178. The number of benzene rings is 9. The van der Waals surface area contributed by atoms with E-state index in [1.165, 1.54) is 33.4 Å². The topological polar surface area (TPSA) is 29.5 Å². The lowest BCUT2D eigenvalue weighted by Gasteiger charge is -2.34. The van der Waals surface area contributed by atoms with Crippen LogP contribution in [-0.2, 0) is 5.41 Å². The fourth-order valence-electron chi connectivity index (χ4n) is 9.58. The smallest absolute Gasteiger partial charge is 0.159 e. The molecular formula is C53H33NO2. The van der Waals surface area contributed by atoms with Gasteiger partial charge in [-0.15, -0.1) is 0 Å². The molecular weight excluding hydrogens is 683 g/mol. The van der Waals surface area contributed by atoms with Gasteiger partial charge in [0.15, 0.2) is 11.2 Å². The van der Waals surface area contributed by atoms with E-state index < -0.39 is 5.41 Å². The zero-order valence-corrected chi connectivity index (χ0v) is 30.3. The maximum absolute atomic E-state index is 7.04. The van der Waals surface area contributed by atoms with Gasteiger partial charge >= 0.3 is 0 Å². The van der Waals surface area contributed by atoms with Gasteiger partial charge in [0.25, 0.3) is 0 Å². The molecule has 9 aromatic carbocycles. The van der Waals surface area contributed by atoms with Crippen molar-refractivity contribution in [1.82, 2.24) is 0 Å². The molecule has 2 aromatic heterocycles. The van der Waals surface area contributed by atoms with E-state index in [1.807, 2.05) is 6.07 Å². The van der Waals surface area contributed by atoms with E-state index in [9.17, 15) is 0 Å². The molecule has 0 radical (unpaired) electrons. The van der Waals surface area contributed by atoms with Crippen LogP contribution in [-0.4, -0.2) is 0 Å². The van der Waals surface area contributed by atoms with Crippen molar-refractivity contribution in [3.05, 3.63) is 222 Å². The van der Waals surface area contributed by atoms with E-state index >= 15 is 0 Å². The Morgan fingerprint density at radius 1 is 0.357 bits per heavy atom. The number of nitrogens with zero attached hydrogens (tertiary/aromatic N) is 1. The minimum atomic E-state index is -0.550. The fourth-order valence-corrected chi connectivity index (χ4v) is 9.58. The Kier molecular flexibility index (Phi) is 6.55. The number of furan rings is 2. The van der Waals surface area contributed by atoms with Crippen LogP contribution in [0.5, 0.6) is 0 Å². The van der Waals surface area contributed by atoms with E-state index in [-0.39, 0.29) is 0 Å². The first kappa shape index (κ1) is 31.0. The molecule has 1 aliphatic carbocycles. The molecule has 0 bridgehead atoms. The Labute approximate surface area is 323 Å². The summed E-state index contributed by atoms with van der Waals surface area (Å²) in [7, 11) is 0. The molecule has 0 unspecified atom stereocenters. The third kappa shape index (κ3) is 4.22. The molecule has 0 amide bonds. The highest BCUT2D eigenvalue weighted by atomic mass is 16.3. The van der Waals surface area contributed by atoms with E-state index in [0.717, 1.165) is 71.7 Å². The van der Waals surface area contributed by atoms with Crippen LogP contribution in [0.15, 0.2) is 209 Å². The van der Waals surface area contributed by atoms with E-state index in [4.69, 9.17) is 8.83 Å². The lowest BCUT2D eigenvalue weighted by Crippen LogP contribution is -2.28. The molecule has 1 aliphatic rings. The van der Waals surface area contributed by atoms with Crippen LogP contribution in [0.4, 0.5) is 17.1 Å². The molecule has 0 aliphatic heterocycles. The first-order valence-corrected chi connectivity index (χ1v) is 19.2. The number of fused-ring (bicyclic) bond motifs is 11. The average molecular weight is 716 g/mol. The van der Waals surface area contributed by atoms with Crippen molar-refractivity contribution in [2.24, 2.45) is 0 Å². The van der Waals surface area contributed by atoms with Gasteiger partial charge in [-0.05, 0) is 75.2 Å². The van der Waals surface area contributed by atoms with Gasteiger partial charge in [-0.3, -0.25) is 0 Å². The van der Waals surface area contributed by atoms with Crippen LogP contribution in [0.1, 0.15) is 22.3 Å². The third-order valence-corrected chi connectivity index (χ3v) is 11.9. The average Bonchev–Trinajstić information content (AvgIpc) is 3.94. The highest BCUT2D eigenvalue weighted by molar-refractivity contribution is 6.18. The minimum absolute atomic E-state index is 0.550. The standard InChI is InChI=1S/C53H33NO2/c1-3-16-35(17-4-1)53(36-18-5-2-6-19-36)45-25-11-9-21-39(45)40-32-30-37(33-46(40)53)54(47-26-13-23-42-41-22-10-12-28-49(41)55-51(42)47)48-27-14-24-43-44-31-29-34-15-7-8-20-38(34)50(44)56-52(43)48/h1-33H. The van der Waals surface area contributed by atoms with Crippen LogP contribution in [0, 0.1) is 0 Å². The number of para-hydroxylation sites is 3. The predicted molar refractivity (Wildman–Crippen MR) is 230 cm³/mol. The number of hydrogen-bond acceptors (Lipinski definition) is 3. The van der Waals surface area contributed by atoms with Gasteiger partial charge in [-0.1, -0.05) is 164 Å². The summed E-state index contributed by atoms with van der Waals surface area (Å²) in [5.74, 6) is 0. The van der Waals surface area contributed by atoms with Gasteiger partial charge < -0.3 is 13.7 Å². The van der Waals surface area contributed by atoms with Crippen LogP contribution < -0.4 is 4.90 Å². The van der Waals surface area contributed by atoms with Gasteiger partial charge in [-0.2, -0.15) is 0 Å². The lowest BCUT2D eigenvalue weighted by molar-refractivity contribution is 0.667. The van der Waals surface area contributed by atoms with Gasteiger partial charge in [0.1, 0.15) is 11.2 Å². The summed E-state index contributed by atoms with van der Waals surface area (Å²) in [5.41, 5.74) is 13.2. The first-order valence-electron chi connectivity index (χ1n) is 19.2. The molecule has 2 heterocycles. The largest absolute Gasteiger partial charge is 0.454 e. The van der Waals surface area contributed by atoms with Gasteiger partial charge in [-0.25, -0.2) is 0 Å². The predicted octanol–water partition coefficient (Wildman–Crippen LogP) is 14.5. The van der Waals surface area contributed by atoms with Crippen molar-refractivity contribution in [3.63, 3.8) is 0 Å². The summed E-state index contributed by atoms with van der Waals surface area (Å²) >= 11 is 0. The van der Waals surface area contributed by atoms with Gasteiger partial charge in [0, 0.05) is 32.6 Å². The van der Waals surface area contributed by atoms with Crippen LogP contribution >= 0.6 is 0 Å². The normalized spacial score (nSPS) is 13.1. The summed E-state index contributed by atoms with van der Waals surface area (Å²) in [6.45, 7) is 0. The summed E-state index contributed by atoms with van der Waals surface area (Å²) in [5, 5.41) is 6.59. The highest BCUT2D eigenvalue weighted by Gasteiger charge is 2.46. The SMILES string of the molecule is c1ccc(C2(c3ccccc3)c3ccccc3-c3ccc(N(c4cccc5c4oc4ccccc45)c4cccc5c4oc4c6ccccc6ccc54)cc32)cc1. The summed E-state index contributed by atoms with van der Waals surface area (Å²) in [6, 6.07) is 72.0. The number of hydrogen-bond donors (Lipinski definition) is 0. The summed E-state index contributed by atoms with van der Waals surface area (Å²) in [6.07, 6.45) is 0. The Hall–Kier alpha value is -7.36. The van der Waals surface area contributed by atoms with Crippen LogP contribution in [0.25, 0.3) is 65.8 Å². The lowest BCUT2D eigenvalue weighted by atomic mass is 9.67. The Morgan fingerprint density at radius 3 is 1.70 bits per heavy atom. The van der Waals surface area contributed by atoms with Crippen molar-refractivity contribution < 1.29 is 8.83 Å². The van der Waals surface area contributed by atoms with Crippen LogP contribution in [0.3, 0.4) is 0 Å². The van der Waals surface area contributed by atoms with Gasteiger partial charge in [0.05, 0.1) is 16.8 Å². The molecule has 262 valence electrons. The molecule has 0 spiro atoms. The molecule has 3 heteroatoms. The van der Waals surface area contributed by atoms with Crippen molar-refractivity contribution in [1.29, 1.82) is 0 Å². The zero-order chi connectivity index (χ0) is 36.8. The molecule has 0 atom stereocenters. The van der Waals surface area contributed by atoms with Crippen LogP contribution in [0.2, 0.25) is 0 Å². The maximum Gasteiger partial charge on any atom is 0.159 e. The molecule has 12 rings (SSSR count). The zero-order valence-electron chi connectivity index (χ0n) is 30.3. The van der Waals surface area contributed by atoms with E-state index in [2.05, 4.69) is 199 Å². The second-order valence-corrected chi connectivity index (χ2v) is 14.8. The molecule has 0 fully saturated rings. The molecule has 0 saturated carbocycles. The van der Waals surface area contributed by atoms with Crippen molar-refractivity contribution in [2.75, 3.05) is 4.90 Å². The maximum atomic E-state index is 7.04.